The summed E-state index contributed by atoms with van der Waals surface area (Å²) in [6.07, 6.45) is 0. The van der Waals surface area contributed by atoms with Gasteiger partial charge in [0.2, 0.25) is 0 Å². The van der Waals surface area contributed by atoms with Gasteiger partial charge in [-0.2, -0.15) is 0 Å². The van der Waals surface area contributed by atoms with Crippen molar-refractivity contribution < 1.29 is 14.3 Å². The van der Waals surface area contributed by atoms with E-state index in [2.05, 4.69) is 19.2 Å². The molecule has 0 heterocycles. The quantitative estimate of drug-likeness (QED) is 0.538. The van der Waals surface area contributed by atoms with E-state index in [-0.39, 0.29) is 24.2 Å². The minimum absolute atomic E-state index is 0.180. The molecule has 0 saturated heterocycles. The number of anilines is 1. The zero-order chi connectivity index (χ0) is 20.0. The second-order valence-corrected chi connectivity index (χ2v) is 7.98. The highest BCUT2D eigenvalue weighted by atomic mass is 32.2. The first-order valence-electron chi connectivity index (χ1n) is 9.03. The van der Waals surface area contributed by atoms with Crippen LogP contribution in [0, 0.1) is 20.8 Å². The number of aryl methyl sites for hydroxylation is 3. The van der Waals surface area contributed by atoms with Crippen LogP contribution < -0.4 is 5.32 Å². The second kappa shape index (κ2) is 9.60. The van der Waals surface area contributed by atoms with Gasteiger partial charge in [-0.05, 0) is 49.4 Å². The van der Waals surface area contributed by atoms with Crippen molar-refractivity contribution in [3.8, 4) is 0 Å². The van der Waals surface area contributed by atoms with Crippen molar-refractivity contribution in [2.45, 2.75) is 45.4 Å². The molecule has 144 valence electrons. The van der Waals surface area contributed by atoms with Crippen LogP contribution in [0.4, 0.5) is 5.69 Å². The van der Waals surface area contributed by atoms with Crippen molar-refractivity contribution in [3.05, 3.63) is 58.7 Å². The maximum atomic E-state index is 12.2. The number of esters is 1. The van der Waals surface area contributed by atoms with Gasteiger partial charge in [-0.15, -0.1) is 11.8 Å². The topological polar surface area (TPSA) is 55.4 Å². The highest BCUT2D eigenvalue weighted by molar-refractivity contribution is 8.00. The molecule has 4 nitrogen and oxygen atoms in total. The van der Waals surface area contributed by atoms with Gasteiger partial charge in [-0.1, -0.05) is 49.7 Å². The van der Waals surface area contributed by atoms with Crippen LogP contribution in [0.1, 0.15) is 42.0 Å². The number of carbonyl (C=O) groups is 2. The van der Waals surface area contributed by atoms with Crippen molar-refractivity contribution >= 4 is 29.3 Å². The van der Waals surface area contributed by atoms with Crippen molar-refractivity contribution in [1.82, 2.24) is 0 Å². The third kappa shape index (κ3) is 6.14. The maximum Gasteiger partial charge on any atom is 0.316 e. The molecule has 0 aliphatic rings. The molecule has 0 aliphatic heterocycles. The molecule has 1 amide bonds. The first kappa shape index (κ1) is 21.0. The van der Waals surface area contributed by atoms with Crippen LogP contribution in [-0.2, 0) is 14.3 Å². The van der Waals surface area contributed by atoms with Crippen molar-refractivity contribution in [2.75, 3.05) is 17.7 Å². The van der Waals surface area contributed by atoms with E-state index in [0.717, 1.165) is 32.8 Å². The van der Waals surface area contributed by atoms with Crippen LogP contribution in [0.25, 0.3) is 0 Å². The van der Waals surface area contributed by atoms with E-state index in [1.165, 1.54) is 11.8 Å². The largest absolute Gasteiger partial charge is 0.455 e. The molecule has 1 N–H and O–H groups in total. The predicted molar refractivity (Wildman–Crippen MR) is 111 cm³/mol. The number of para-hydroxylation sites is 1. The van der Waals surface area contributed by atoms with Crippen LogP contribution in [-0.4, -0.2) is 24.2 Å². The Balaban J connectivity index is 1.87. The number of hydrogen-bond acceptors (Lipinski definition) is 4. The molecule has 0 saturated carbocycles. The number of benzene rings is 2. The number of amides is 1. The number of ether oxygens (including phenoxy) is 1. The average molecular weight is 386 g/mol. The number of hydrogen-bond donors (Lipinski definition) is 1. The molecule has 2 aromatic rings. The number of thioether (sulfide) groups is 1. The fraction of sp³-hybridized carbons (Fsp3) is 0.364. The van der Waals surface area contributed by atoms with Gasteiger partial charge in [0.15, 0.2) is 6.61 Å². The van der Waals surface area contributed by atoms with E-state index >= 15 is 0 Å². The lowest BCUT2D eigenvalue weighted by Crippen LogP contribution is -2.22. The summed E-state index contributed by atoms with van der Waals surface area (Å²) in [5.41, 5.74) is 5.14. The standard InChI is InChI=1S/C22H27NO3S/c1-14(2)18-8-6-7-17(5)22(18)23-20(24)12-26-21(25)13-27-19-11-15(3)9-10-16(19)4/h6-11,14H,12-13H2,1-5H3,(H,23,24). The lowest BCUT2D eigenvalue weighted by molar-refractivity contribution is -0.144. The maximum absolute atomic E-state index is 12.2. The molecule has 0 aliphatic carbocycles. The summed E-state index contributed by atoms with van der Waals surface area (Å²) in [5, 5.41) is 2.88. The number of rotatable bonds is 7. The Kier molecular flexibility index (Phi) is 7.48. The molecular formula is C22H27NO3S. The molecule has 0 fully saturated rings. The van der Waals surface area contributed by atoms with Gasteiger partial charge in [-0.25, -0.2) is 0 Å². The Bertz CT molecular complexity index is 830. The fourth-order valence-corrected chi connectivity index (χ4v) is 3.63. The fourth-order valence-electron chi connectivity index (χ4n) is 2.71. The van der Waals surface area contributed by atoms with Crippen LogP contribution in [0.3, 0.4) is 0 Å². The third-order valence-electron chi connectivity index (χ3n) is 4.24. The smallest absolute Gasteiger partial charge is 0.316 e. The Labute approximate surface area is 165 Å². The summed E-state index contributed by atoms with van der Waals surface area (Å²) in [5.74, 6) is -0.253. The van der Waals surface area contributed by atoms with Gasteiger partial charge in [0.25, 0.3) is 5.91 Å². The first-order chi connectivity index (χ1) is 12.8. The van der Waals surface area contributed by atoms with Crippen LogP contribution in [0.15, 0.2) is 41.3 Å². The van der Waals surface area contributed by atoms with Gasteiger partial charge in [-0.3, -0.25) is 9.59 Å². The van der Waals surface area contributed by atoms with Gasteiger partial charge in [0.1, 0.15) is 0 Å². The molecule has 2 aromatic carbocycles. The molecule has 0 radical (unpaired) electrons. The normalized spacial score (nSPS) is 10.7. The molecule has 2 rings (SSSR count). The number of nitrogens with one attached hydrogen (secondary N) is 1. The van der Waals surface area contributed by atoms with E-state index in [0.29, 0.717) is 0 Å². The lowest BCUT2D eigenvalue weighted by Gasteiger charge is -2.16. The Morgan fingerprint density at radius 1 is 1.07 bits per heavy atom. The Morgan fingerprint density at radius 3 is 2.52 bits per heavy atom. The molecule has 0 bridgehead atoms. The monoisotopic (exact) mass is 385 g/mol. The third-order valence-corrected chi connectivity index (χ3v) is 5.38. The molecule has 27 heavy (non-hydrogen) atoms. The van der Waals surface area contributed by atoms with Crippen molar-refractivity contribution in [3.63, 3.8) is 0 Å². The van der Waals surface area contributed by atoms with Gasteiger partial charge < -0.3 is 10.1 Å². The summed E-state index contributed by atoms with van der Waals surface area (Å²) in [7, 11) is 0. The van der Waals surface area contributed by atoms with Crippen molar-refractivity contribution in [2.24, 2.45) is 0 Å². The van der Waals surface area contributed by atoms with E-state index in [4.69, 9.17) is 4.74 Å². The molecule has 5 heteroatoms. The minimum Gasteiger partial charge on any atom is -0.455 e. The highest BCUT2D eigenvalue weighted by Crippen LogP contribution is 2.27. The van der Waals surface area contributed by atoms with Crippen LogP contribution in [0.2, 0.25) is 0 Å². The second-order valence-electron chi connectivity index (χ2n) is 6.96. The van der Waals surface area contributed by atoms with Crippen LogP contribution in [0.5, 0.6) is 0 Å². The summed E-state index contributed by atoms with van der Waals surface area (Å²) in [4.78, 5) is 25.3. The number of carbonyl (C=O) groups excluding carboxylic acids is 2. The molecule has 0 atom stereocenters. The summed E-state index contributed by atoms with van der Waals surface area (Å²) < 4.78 is 5.14. The summed E-state index contributed by atoms with van der Waals surface area (Å²) in [6, 6.07) is 12.1. The molecular weight excluding hydrogens is 358 g/mol. The lowest BCUT2D eigenvalue weighted by atomic mass is 9.98. The summed E-state index contributed by atoms with van der Waals surface area (Å²) in [6.45, 7) is 9.86. The van der Waals surface area contributed by atoms with Gasteiger partial charge >= 0.3 is 5.97 Å². The zero-order valence-electron chi connectivity index (χ0n) is 16.6. The zero-order valence-corrected chi connectivity index (χ0v) is 17.4. The van der Waals surface area contributed by atoms with Crippen molar-refractivity contribution in [1.29, 1.82) is 0 Å². The van der Waals surface area contributed by atoms with Crippen LogP contribution >= 0.6 is 11.8 Å². The van der Waals surface area contributed by atoms with E-state index in [1.54, 1.807) is 0 Å². The van der Waals surface area contributed by atoms with E-state index < -0.39 is 5.97 Å². The Morgan fingerprint density at radius 2 is 1.81 bits per heavy atom. The van der Waals surface area contributed by atoms with Gasteiger partial charge in [0, 0.05) is 10.6 Å². The highest BCUT2D eigenvalue weighted by Gasteiger charge is 2.14. The average Bonchev–Trinajstić information content (AvgIpc) is 2.62. The van der Waals surface area contributed by atoms with E-state index in [1.807, 2.05) is 57.2 Å². The first-order valence-corrected chi connectivity index (χ1v) is 10.0. The SMILES string of the molecule is Cc1ccc(C)c(SCC(=O)OCC(=O)Nc2c(C)cccc2C(C)C)c1. The summed E-state index contributed by atoms with van der Waals surface area (Å²) >= 11 is 1.43. The Hall–Kier alpha value is -2.27. The molecule has 0 aromatic heterocycles. The minimum atomic E-state index is -0.398. The predicted octanol–water partition coefficient (Wildman–Crippen LogP) is 5.01. The molecule has 0 unspecified atom stereocenters. The van der Waals surface area contributed by atoms with Gasteiger partial charge in [0.05, 0.1) is 5.75 Å². The van der Waals surface area contributed by atoms with E-state index in [9.17, 15) is 9.59 Å². The molecule has 0 spiro atoms.